The lowest BCUT2D eigenvalue weighted by molar-refractivity contribution is 0.341. The van der Waals surface area contributed by atoms with Gasteiger partial charge in [0.25, 0.3) is 0 Å². The van der Waals surface area contributed by atoms with Crippen molar-refractivity contribution in [2.24, 2.45) is 0 Å². The van der Waals surface area contributed by atoms with Crippen molar-refractivity contribution in [1.29, 1.82) is 0 Å². The Labute approximate surface area is 72.9 Å². The van der Waals surface area contributed by atoms with E-state index < -0.39 is 0 Å². The van der Waals surface area contributed by atoms with E-state index >= 15 is 0 Å². The van der Waals surface area contributed by atoms with E-state index in [2.05, 4.69) is 5.32 Å². The molecule has 2 nitrogen and oxygen atoms in total. The van der Waals surface area contributed by atoms with Gasteiger partial charge < -0.3 is 10.1 Å². The summed E-state index contributed by atoms with van der Waals surface area (Å²) in [4.78, 5) is 0. The second-order valence-corrected chi connectivity index (χ2v) is 2.41. The molecule has 0 heterocycles. The first kappa shape index (κ1) is 8.65. The van der Waals surface area contributed by atoms with Gasteiger partial charge in [0.2, 0.25) is 0 Å². The zero-order valence-electron chi connectivity index (χ0n) is 7.37. The van der Waals surface area contributed by atoms with E-state index in [1.54, 1.807) is 13.4 Å². The van der Waals surface area contributed by atoms with Gasteiger partial charge >= 0.3 is 0 Å². The van der Waals surface area contributed by atoms with Crippen molar-refractivity contribution >= 4 is 11.8 Å². The highest BCUT2D eigenvalue weighted by Gasteiger charge is 1.87. The Morgan fingerprint density at radius 3 is 2.42 bits per heavy atom. The minimum absolute atomic E-state index is 1.12. The van der Waals surface area contributed by atoms with E-state index in [-0.39, 0.29) is 0 Å². The van der Waals surface area contributed by atoms with Crippen LogP contribution in [-0.2, 0) is 4.74 Å². The summed E-state index contributed by atoms with van der Waals surface area (Å²) >= 11 is 0. The summed E-state index contributed by atoms with van der Waals surface area (Å²) in [5.74, 6) is 0. The maximum Gasteiger partial charge on any atom is 0.0830 e. The van der Waals surface area contributed by atoms with E-state index in [0.717, 1.165) is 11.3 Å². The lowest BCUT2D eigenvalue weighted by Gasteiger charge is -1.98. The van der Waals surface area contributed by atoms with Crippen molar-refractivity contribution in [3.05, 3.63) is 36.1 Å². The van der Waals surface area contributed by atoms with Gasteiger partial charge in [-0.05, 0) is 23.8 Å². The standard InChI is InChI=1S/C10H13NO/c1-11-10-5-3-9(4-6-10)7-8-12-2/h3-8,11H,1-2H3/b8-7+. The molecule has 0 aliphatic rings. The molecule has 0 unspecified atom stereocenters. The maximum absolute atomic E-state index is 4.81. The van der Waals surface area contributed by atoms with Crippen LogP contribution in [0.4, 0.5) is 5.69 Å². The lowest BCUT2D eigenvalue weighted by Crippen LogP contribution is -1.86. The number of nitrogens with one attached hydrogen (secondary N) is 1. The highest BCUT2D eigenvalue weighted by Crippen LogP contribution is 2.09. The minimum Gasteiger partial charge on any atom is -0.504 e. The first-order valence-corrected chi connectivity index (χ1v) is 3.84. The summed E-state index contributed by atoms with van der Waals surface area (Å²) in [6.45, 7) is 0. The normalized spacial score (nSPS) is 10.2. The van der Waals surface area contributed by atoms with E-state index in [4.69, 9.17) is 4.74 Å². The SMILES string of the molecule is CNc1ccc(/C=C/OC)cc1. The molecule has 0 fully saturated rings. The number of ether oxygens (including phenoxy) is 1. The zero-order valence-corrected chi connectivity index (χ0v) is 7.37. The topological polar surface area (TPSA) is 21.3 Å². The summed E-state index contributed by atoms with van der Waals surface area (Å²) in [6, 6.07) is 8.10. The molecule has 1 rings (SSSR count). The summed E-state index contributed by atoms with van der Waals surface area (Å²) in [6.07, 6.45) is 3.58. The Morgan fingerprint density at radius 2 is 1.92 bits per heavy atom. The fourth-order valence-corrected chi connectivity index (χ4v) is 0.908. The summed E-state index contributed by atoms with van der Waals surface area (Å²) in [7, 11) is 3.54. The molecule has 0 aromatic heterocycles. The largest absolute Gasteiger partial charge is 0.504 e. The third-order valence-corrected chi connectivity index (χ3v) is 1.60. The molecule has 0 amide bonds. The van der Waals surface area contributed by atoms with Crippen LogP contribution in [-0.4, -0.2) is 14.2 Å². The van der Waals surface area contributed by atoms with Gasteiger partial charge in [0, 0.05) is 12.7 Å². The number of methoxy groups -OCH3 is 1. The number of benzene rings is 1. The zero-order chi connectivity index (χ0) is 8.81. The second kappa shape index (κ2) is 4.44. The molecule has 0 spiro atoms. The molecule has 64 valence electrons. The minimum atomic E-state index is 1.12. The van der Waals surface area contributed by atoms with Gasteiger partial charge in [-0.25, -0.2) is 0 Å². The van der Waals surface area contributed by atoms with Gasteiger partial charge in [-0.3, -0.25) is 0 Å². The van der Waals surface area contributed by atoms with Gasteiger partial charge in [0.15, 0.2) is 0 Å². The number of hydrogen-bond donors (Lipinski definition) is 1. The Hall–Kier alpha value is -1.44. The van der Waals surface area contributed by atoms with Gasteiger partial charge in [-0.2, -0.15) is 0 Å². The van der Waals surface area contributed by atoms with Crippen molar-refractivity contribution in [3.63, 3.8) is 0 Å². The van der Waals surface area contributed by atoms with Crippen LogP contribution >= 0.6 is 0 Å². The van der Waals surface area contributed by atoms with Crippen molar-refractivity contribution in [3.8, 4) is 0 Å². The van der Waals surface area contributed by atoms with E-state index in [0.29, 0.717) is 0 Å². The third-order valence-electron chi connectivity index (χ3n) is 1.60. The highest BCUT2D eigenvalue weighted by atomic mass is 16.5. The Bertz CT molecular complexity index is 251. The number of hydrogen-bond acceptors (Lipinski definition) is 2. The predicted molar refractivity (Wildman–Crippen MR) is 52.0 cm³/mol. The molecule has 0 radical (unpaired) electrons. The summed E-state index contributed by atoms with van der Waals surface area (Å²) in [5.41, 5.74) is 2.25. The summed E-state index contributed by atoms with van der Waals surface area (Å²) in [5, 5.41) is 3.05. The van der Waals surface area contributed by atoms with Crippen LogP contribution < -0.4 is 5.32 Å². The van der Waals surface area contributed by atoms with Crippen LogP contribution in [0.1, 0.15) is 5.56 Å². The molecule has 0 aliphatic heterocycles. The second-order valence-electron chi connectivity index (χ2n) is 2.41. The third kappa shape index (κ3) is 2.31. The molecule has 1 N–H and O–H groups in total. The summed E-state index contributed by atoms with van der Waals surface area (Å²) < 4.78 is 4.81. The molecule has 2 heteroatoms. The smallest absolute Gasteiger partial charge is 0.0830 e. The first-order valence-electron chi connectivity index (χ1n) is 3.84. The maximum atomic E-state index is 4.81. The van der Waals surface area contributed by atoms with Gasteiger partial charge in [-0.15, -0.1) is 0 Å². The monoisotopic (exact) mass is 163 g/mol. The lowest BCUT2D eigenvalue weighted by atomic mass is 10.2. The van der Waals surface area contributed by atoms with Crippen molar-refractivity contribution in [1.82, 2.24) is 0 Å². The molecule has 0 saturated heterocycles. The molecule has 1 aromatic carbocycles. The van der Waals surface area contributed by atoms with Crippen LogP contribution in [0.2, 0.25) is 0 Å². The molecular formula is C10H13NO. The molecule has 12 heavy (non-hydrogen) atoms. The van der Waals surface area contributed by atoms with E-state index in [9.17, 15) is 0 Å². The van der Waals surface area contributed by atoms with Crippen LogP contribution in [0.3, 0.4) is 0 Å². The van der Waals surface area contributed by atoms with E-state index in [1.807, 2.05) is 37.4 Å². The van der Waals surface area contributed by atoms with Gasteiger partial charge in [-0.1, -0.05) is 12.1 Å². The molecule has 0 atom stereocenters. The Morgan fingerprint density at radius 1 is 1.25 bits per heavy atom. The fourth-order valence-electron chi connectivity index (χ4n) is 0.908. The van der Waals surface area contributed by atoms with Crippen molar-refractivity contribution in [2.45, 2.75) is 0 Å². The van der Waals surface area contributed by atoms with Crippen LogP contribution in [0, 0.1) is 0 Å². The van der Waals surface area contributed by atoms with Crippen LogP contribution in [0.25, 0.3) is 6.08 Å². The first-order chi connectivity index (χ1) is 5.86. The van der Waals surface area contributed by atoms with Crippen molar-refractivity contribution in [2.75, 3.05) is 19.5 Å². The average molecular weight is 163 g/mol. The molecule has 1 aromatic rings. The predicted octanol–water partition coefficient (Wildman–Crippen LogP) is 2.35. The Balaban J connectivity index is 2.71. The molecule has 0 bridgehead atoms. The quantitative estimate of drug-likeness (QED) is 0.690. The highest BCUT2D eigenvalue weighted by molar-refractivity contribution is 5.53. The molecule has 0 aliphatic carbocycles. The average Bonchev–Trinajstić information content (AvgIpc) is 2.15. The molecular weight excluding hydrogens is 150 g/mol. The van der Waals surface area contributed by atoms with E-state index in [1.165, 1.54) is 0 Å². The fraction of sp³-hybridized carbons (Fsp3) is 0.200. The van der Waals surface area contributed by atoms with Gasteiger partial charge in [0.1, 0.15) is 0 Å². The van der Waals surface area contributed by atoms with Crippen molar-refractivity contribution < 1.29 is 4.74 Å². The Kier molecular flexibility index (Phi) is 3.20. The number of rotatable bonds is 3. The van der Waals surface area contributed by atoms with Crippen LogP contribution in [0.5, 0.6) is 0 Å². The number of anilines is 1. The molecule has 0 saturated carbocycles. The van der Waals surface area contributed by atoms with Gasteiger partial charge in [0.05, 0.1) is 13.4 Å². The van der Waals surface area contributed by atoms with Crippen LogP contribution in [0.15, 0.2) is 30.5 Å².